The number of H-pyrrole nitrogens is 1. The van der Waals surface area contributed by atoms with E-state index in [9.17, 15) is 14.4 Å². The highest BCUT2D eigenvalue weighted by molar-refractivity contribution is 6.34. The van der Waals surface area contributed by atoms with E-state index in [0.29, 0.717) is 22.5 Å². The number of esters is 1. The number of nitrogens with zero attached hydrogens (tertiary/aromatic N) is 1. The van der Waals surface area contributed by atoms with Crippen molar-refractivity contribution < 1.29 is 23.9 Å². The smallest absolute Gasteiger partial charge is 0.340 e. The van der Waals surface area contributed by atoms with Gasteiger partial charge in [-0.3, -0.25) is 9.59 Å². The van der Waals surface area contributed by atoms with Crippen molar-refractivity contribution in [2.24, 2.45) is 0 Å². The van der Waals surface area contributed by atoms with Crippen LogP contribution >= 0.6 is 11.6 Å². The van der Waals surface area contributed by atoms with Crippen molar-refractivity contribution in [1.29, 1.82) is 0 Å². The normalized spacial score (nSPS) is 10.6. The number of aryl methyl sites for hydroxylation is 1. The number of carbonyl (C=O) groups is 3. The molecular weight excluding hydrogens is 398 g/mol. The van der Waals surface area contributed by atoms with Crippen LogP contribution in [0.25, 0.3) is 0 Å². The molecule has 8 nitrogen and oxygen atoms in total. The van der Waals surface area contributed by atoms with Crippen molar-refractivity contribution in [1.82, 2.24) is 9.88 Å². The average Bonchev–Trinajstić information content (AvgIpc) is 2.97. The summed E-state index contributed by atoms with van der Waals surface area (Å²) < 4.78 is 10.0. The first kappa shape index (κ1) is 22.4. The zero-order chi connectivity index (χ0) is 21.7. The number of methoxy groups -OCH3 is 1. The molecule has 2 aromatic rings. The zero-order valence-corrected chi connectivity index (χ0v) is 17.8. The molecule has 0 bridgehead atoms. The number of amides is 2. The Kier molecular flexibility index (Phi) is 7.41. The third-order valence-electron chi connectivity index (χ3n) is 4.25. The molecule has 1 heterocycles. The maximum atomic E-state index is 12.7. The zero-order valence-electron chi connectivity index (χ0n) is 17.0. The standard InChI is InChI=1S/C20H24ClN3O5/c1-11-16(20(27)29-9-8-28-5)12(2)22-17(11)18(25)23-13-6-7-15(21)14(10-13)19(26)24(3)4/h6-7,10,22H,8-9H2,1-5H3,(H,23,25). The lowest BCUT2D eigenvalue weighted by Gasteiger charge is -2.13. The highest BCUT2D eigenvalue weighted by Crippen LogP contribution is 2.24. The van der Waals surface area contributed by atoms with Crippen LogP contribution in [-0.2, 0) is 9.47 Å². The van der Waals surface area contributed by atoms with Gasteiger partial charge in [-0.25, -0.2) is 4.79 Å². The molecule has 29 heavy (non-hydrogen) atoms. The number of aromatic amines is 1. The maximum Gasteiger partial charge on any atom is 0.340 e. The predicted molar refractivity (Wildman–Crippen MR) is 110 cm³/mol. The number of carbonyl (C=O) groups excluding carboxylic acids is 3. The van der Waals surface area contributed by atoms with E-state index >= 15 is 0 Å². The number of benzene rings is 1. The van der Waals surface area contributed by atoms with Gasteiger partial charge in [0.05, 0.1) is 22.8 Å². The monoisotopic (exact) mass is 421 g/mol. The fraction of sp³-hybridized carbons (Fsp3) is 0.350. The van der Waals surface area contributed by atoms with E-state index in [1.165, 1.54) is 18.1 Å². The highest BCUT2D eigenvalue weighted by atomic mass is 35.5. The number of halogens is 1. The van der Waals surface area contributed by atoms with Gasteiger partial charge >= 0.3 is 5.97 Å². The Morgan fingerprint density at radius 1 is 1.17 bits per heavy atom. The number of rotatable bonds is 7. The first-order chi connectivity index (χ1) is 13.7. The molecular formula is C20H24ClN3O5. The van der Waals surface area contributed by atoms with E-state index in [1.54, 1.807) is 40.1 Å². The van der Waals surface area contributed by atoms with E-state index in [4.69, 9.17) is 21.1 Å². The van der Waals surface area contributed by atoms with Gasteiger partial charge in [-0.15, -0.1) is 0 Å². The minimum atomic E-state index is -0.530. The van der Waals surface area contributed by atoms with Crippen LogP contribution in [0.5, 0.6) is 0 Å². The largest absolute Gasteiger partial charge is 0.460 e. The van der Waals surface area contributed by atoms with Gasteiger partial charge in [0.15, 0.2) is 0 Å². The SMILES string of the molecule is COCCOC(=O)c1c(C)[nH]c(C(=O)Nc2ccc(Cl)c(C(=O)N(C)C)c2)c1C. The van der Waals surface area contributed by atoms with E-state index in [2.05, 4.69) is 10.3 Å². The van der Waals surface area contributed by atoms with Crippen LogP contribution < -0.4 is 5.32 Å². The summed E-state index contributed by atoms with van der Waals surface area (Å²) in [4.78, 5) is 41.6. The van der Waals surface area contributed by atoms with E-state index in [1.807, 2.05) is 0 Å². The Labute approximate surface area is 174 Å². The Morgan fingerprint density at radius 3 is 2.48 bits per heavy atom. The number of nitrogens with one attached hydrogen (secondary N) is 2. The number of ether oxygens (including phenoxy) is 2. The summed E-state index contributed by atoms with van der Waals surface area (Å²) in [6, 6.07) is 4.64. The molecule has 2 rings (SSSR count). The summed E-state index contributed by atoms with van der Waals surface area (Å²) in [5.74, 6) is -1.26. The van der Waals surface area contributed by atoms with Crippen molar-refractivity contribution >= 4 is 35.1 Å². The van der Waals surface area contributed by atoms with Crippen LogP contribution in [0.1, 0.15) is 42.5 Å². The Morgan fingerprint density at radius 2 is 1.86 bits per heavy atom. The topological polar surface area (TPSA) is 101 Å². The third-order valence-corrected chi connectivity index (χ3v) is 4.58. The second-order valence-corrected chi connectivity index (χ2v) is 7.01. The van der Waals surface area contributed by atoms with Crippen LogP contribution in [0.2, 0.25) is 5.02 Å². The van der Waals surface area contributed by atoms with Crippen molar-refractivity contribution in [2.45, 2.75) is 13.8 Å². The predicted octanol–water partition coefficient (Wildman–Crippen LogP) is 3.04. The van der Waals surface area contributed by atoms with Gasteiger partial charge in [-0.2, -0.15) is 0 Å². The lowest BCUT2D eigenvalue weighted by molar-refractivity contribution is 0.0386. The molecule has 0 saturated carbocycles. The fourth-order valence-electron chi connectivity index (χ4n) is 2.77. The molecule has 1 aromatic heterocycles. The first-order valence-corrected chi connectivity index (χ1v) is 9.23. The molecule has 0 fully saturated rings. The summed E-state index contributed by atoms with van der Waals surface area (Å²) in [7, 11) is 4.74. The fourth-order valence-corrected chi connectivity index (χ4v) is 2.97. The molecule has 2 amide bonds. The summed E-state index contributed by atoms with van der Waals surface area (Å²) in [5, 5.41) is 3.01. The van der Waals surface area contributed by atoms with Crippen molar-refractivity contribution in [2.75, 3.05) is 39.7 Å². The molecule has 0 saturated heterocycles. The number of hydrogen-bond donors (Lipinski definition) is 2. The van der Waals surface area contributed by atoms with Gasteiger partial charge < -0.3 is 24.7 Å². The quantitative estimate of drug-likeness (QED) is 0.528. The van der Waals surface area contributed by atoms with E-state index in [0.717, 1.165) is 0 Å². The molecule has 9 heteroatoms. The van der Waals surface area contributed by atoms with Crippen LogP contribution in [0.3, 0.4) is 0 Å². The lowest BCUT2D eigenvalue weighted by atomic mass is 10.1. The van der Waals surface area contributed by atoms with E-state index < -0.39 is 11.9 Å². The highest BCUT2D eigenvalue weighted by Gasteiger charge is 2.23. The van der Waals surface area contributed by atoms with Gasteiger partial charge in [0.2, 0.25) is 0 Å². The lowest BCUT2D eigenvalue weighted by Crippen LogP contribution is -2.22. The number of anilines is 1. The molecule has 0 spiro atoms. The molecule has 0 aliphatic carbocycles. The third kappa shape index (κ3) is 5.16. The molecule has 0 aliphatic rings. The molecule has 2 N–H and O–H groups in total. The molecule has 0 radical (unpaired) electrons. The van der Waals surface area contributed by atoms with Crippen LogP contribution in [0, 0.1) is 13.8 Å². The van der Waals surface area contributed by atoms with Crippen LogP contribution in [0.4, 0.5) is 5.69 Å². The minimum Gasteiger partial charge on any atom is -0.460 e. The van der Waals surface area contributed by atoms with Crippen LogP contribution in [0.15, 0.2) is 18.2 Å². The van der Waals surface area contributed by atoms with Crippen molar-refractivity contribution in [3.8, 4) is 0 Å². The molecule has 0 aliphatic heterocycles. The first-order valence-electron chi connectivity index (χ1n) is 8.85. The number of hydrogen-bond acceptors (Lipinski definition) is 5. The van der Waals surface area contributed by atoms with Gasteiger partial charge in [0.1, 0.15) is 12.3 Å². The van der Waals surface area contributed by atoms with Gasteiger partial charge in [0, 0.05) is 32.6 Å². The summed E-state index contributed by atoms with van der Waals surface area (Å²) in [6.07, 6.45) is 0. The van der Waals surface area contributed by atoms with Gasteiger partial charge in [-0.1, -0.05) is 11.6 Å². The van der Waals surface area contributed by atoms with Crippen molar-refractivity contribution in [3.05, 3.63) is 51.3 Å². The molecule has 0 unspecified atom stereocenters. The van der Waals surface area contributed by atoms with Gasteiger partial charge in [0.25, 0.3) is 11.8 Å². The van der Waals surface area contributed by atoms with Crippen LogP contribution in [-0.4, -0.2) is 62.1 Å². The van der Waals surface area contributed by atoms with Gasteiger partial charge in [-0.05, 0) is 37.6 Å². The summed E-state index contributed by atoms with van der Waals surface area (Å²) in [6.45, 7) is 3.75. The Balaban J connectivity index is 2.24. The second kappa shape index (κ2) is 9.58. The Bertz CT molecular complexity index is 936. The Hall–Kier alpha value is -2.84. The second-order valence-electron chi connectivity index (χ2n) is 6.60. The summed E-state index contributed by atoms with van der Waals surface area (Å²) >= 11 is 6.10. The van der Waals surface area contributed by atoms with E-state index in [-0.39, 0.29) is 35.4 Å². The number of aromatic nitrogens is 1. The van der Waals surface area contributed by atoms with Crippen molar-refractivity contribution in [3.63, 3.8) is 0 Å². The average molecular weight is 422 g/mol. The molecule has 0 atom stereocenters. The molecule has 156 valence electrons. The minimum absolute atomic E-state index is 0.119. The molecule has 1 aromatic carbocycles. The maximum absolute atomic E-state index is 12.7. The summed E-state index contributed by atoms with van der Waals surface area (Å²) in [5.41, 5.74) is 2.22.